The molecule has 7 nitrogen and oxygen atoms in total. The number of pyridine rings is 1. The van der Waals surface area contributed by atoms with Crippen LogP contribution in [0.5, 0.6) is 0 Å². The van der Waals surface area contributed by atoms with Crippen molar-refractivity contribution < 1.29 is 14.4 Å². The Morgan fingerprint density at radius 2 is 2.33 bits per heavy atom. The Labute approximate surface area is 121 Å². The maximum atomic E-state index is 11.1. The van der Waals surface area contributed by atoms with Crippen molar-refractivity contribution in [1.29, 1.82) is 0 Å². The van der Waals surface area contributed by atoms with Crippen LogP contribution in [0.15, 0.2) is 28.9 Å². The summed E-state index contributed by atoms with van der Waals surface area (Å²) in [4.78, 5) is 21.6. The van der Waals surface area contributed by atoms with Gasteiger partial charge in [-0.1, -0.05) is 18.1 Å². The molecular formula is C14H16N4O3. The highest BCUT2D eigenvalue weighted by Gasteiger charge is 2.35. The average molecular weight is 288 g/mol. The van der Waals surface area contributed by atoms with Crippen LogP contribution < -0.4 is 0 Å². The minimum atomic E-state index is -0.746. The number of carboxylic acids is 1. The Kier molecular flexibility index (Phi) is 3.66. The lowest BCUT2D eigenvalue weighted by molar-refractivity contribution is -0.142. The van der Waals surface area contributed by atoms with E-state index in [1.807, 2.05) is 30.0 Å². The Morgan fingerprint density at radius 3 is 3.00 bits per heavy atom. The van der Waals surface area contributed by atoms with Crippen LogP contribution in [-0.2, 0) is 11.3 Å². The van der Waals surface area contributed by atoms with Gasteiger partial charge in [-0.05, 0) is 18.1 Å². The van der Waals surface area contributed by atoms with Gasteiger partial charge in [-0.2, -0.15) is 4.98 Å². The van der Waals surface area contributed by atoms with Crippen molar-refractivity contribution in [2.24, 2.45) is 11.8 Å². The van der Waals surface area contributed by atoms with Crippen LogP contribution >= 0.6 is 0 Å². The lowest BCUT2D eigenvalue weighted by Gasteiger charge is -2.11. The molecule has 0 aliphatic carbocycles. The summed E-state index contributed by atoms with van der Waals surface area (Å²) in [6.45, 7) is 3.65. The molecule has 0 amide bonds. The maximum Gasteiger partial charge on any atom is 0.308 e. The van der Waals surface area contributed by atoms with Crippen molar-refractivity contribution in [2.45, 2.75) is 13.5 Å². The number of aliphatic carboxylic acids is 1. The molecule has 0 spiro atoms. The third-order valence-electron chi connectivity index (χ3n) is 3.73. The van der Waals surface area contributed by atoms with Gasteiger partial charge in [-0.15, -0.1) is 0 Å². The molecule has 1 saturated heterocycles. The van der Waals surface area contributed by atoms with E-state index < -0.39 is 5.97 Å². The molecule has 0 saturated carbocycles. The van der Waals surface area contributed by atoms with E-state index in [0.29, 0.717) is 30.5 Å². The number of likely N-dealkylation sites (tertiary alicyclic amines) is 1. The van der Waals surface area contributed by atoms with Crippen molar-refractivity contribution in [1.82, 2.24) is 20.0 Å². The van der Waals surface area contributed by atoms with Gasteiger partial charge in [0.1, 0.15) is 5.69 Å². The third kappa shape index (κ3) is 2.92. The summed E-state index contributed by atoms with van der Waals surface area (Å²) in [5.74, 6) is -0.0184. The minimum absolute atomic E-state index is 0.126. The zero-order chi connectivity index (χ0) is 14.8. The van der Waals surface area contributed by atoms with Crippen molar-refractivity contribution in [3.8, 4) is 11.5 Å². The van der Waals surface area contributed by atoms with E-state index in [9.17, 15) is 4.79 Å². The number of aromatic nitrogens is 3. The summed E-state index contributed by atoms with van der Waals surface area (Å²) in [5, 5.41) is 13.0. The highest BCUT2D eigenvalue weighted by molar-refractivity contribution is 5.71. The lowest BCUT2D eigenvalue weighted by Crippen LogP contribution is -2.23. The molecule has 2 aromatic heterocycles. The van der Waals surface area contributed by atoms with Gasteiger partial charge in [0.05, 0.1) is 12.5 Å². The van der Waals surface area contributed by atoms with Crippen LogP contribution in [0.4, 0.5) is 0 Å². The predicted octanol–water partition coefficient (Wildman–Crippen LogP) is 1.28. The smallest absolute Gasteiger partial charge is 0.308 e. The Morgan fingerprint density at radius 1 is 1.48 bits per heavy atom. The van der Waals surface area contributed by atoms with Crippen molar-refractivity contribution in [3.63, 3.8) is 0 Å². The largest absolute Gasteiger partial charge is 0.481 e. The maximum absolute atomic E-state index is 11.1. The first kappa shape index (κ1) is 13.7. The first-order chi connectivity index (χ1) is 10.1. The van der Waals surface area contributed by atoms with Crippen molar-refractivity contribution in [2.75, 3.05) is 13.1 Å². The highest BCUT2D eigenvalue weighted by atomic mass is 16.5. The third-order valence-corrected chi connectivity index (χ3v) is 3.73. The van der Waals surface area contributed by atoms with E-state index in [0.717, 1.165) is 6.54 Å². The van der Waals surface area contributed by atoms with Gasteiger partial charge in [0.25, 0.3) is 0 Å². The number of carbonyl (C=O) groups is 1. The molecule has 2 atom stereocenters. The molecule has 0 radical (unpaired) electrons. The van der Waals surface area contributed by atoms with Crippen LogP contribution in [0.25, 0.3) is 11.5 Å². The molecule has 21 heavy (non-hydrogen) atoms. The fourth-order valence-corrected chi connectivity index (χ4v) is 2.63. The van der Waals surface area contributed by atoms with Crippen LogP contribution in [0.2, 0.25) is 0 Å². The van der Waals surface area contributed by atoms with Crippen molar-refractivity contribution in [3.05, 3.63) is 30.3 Å². The lowest BCUT2D eigenvalue weighted by atomic mass is 9.99. The SMILES string of the molecule is CC1CN(Cc2nc(-c3ccccn3)no2)CC1C(=O)O. The Balaban J connectivity index is 1.67. The fourth-order valence-electron chi connectivity index (χ4n) is 2.63. The molecule has 3 heterocycles. The first-order valence-electron chi connectivity index (χ1n) is 6.82. The zero-order valence-electron chi connectivity index (χ0n) is 11.6. The predicted molar refractivity (Wildman–Crippen MR) is 73.1 cm³/mol. The summed E-state index contributed by atoms with van der Waals surface area (Å²) >= 11 is 0. The van der Waals surface area contributed by atoms with E-state index in [1.54, 1.807) is 6.20 Å². The van der Waals surface area contributed by atoms with Gasteiger partial charge in [0.15, 0.2) is 0 Å². The Bertz CT molecular complexity index is 628. The standard InChI is InChI=1S/C14H16N4O3/c1-9-6-18(7-10(9)14(19)20)8-12-16-13(17-21-12)11-4-2-3-5-15-11/h2-5,9-10H,6-8H2,1H3,(H,19,20). The van der Waals surface area contributed by atoms with Gasteiger partial charge < -0.3 is 9.63 Å². The normalized spacial score (nSPS) is 22.5. The van der Waals surface area contributed by atoms with Gasteiger partial charge in [-0.3, -0.25) is 14.7 Å². The van der Waals surface area contributed by atoms with E-state index in [2.05, 4.69) is 15.1 Å². The second-order valence-corrected chi connectivity index (χ2v) is 5.34. The molecule has 2 unspecified atom stereocenters. The van der Waals surface area contributed by atoms with Gasteiger partial charge in [-0.25, -0.2) is 0 Å². The molecule has 7 heteroatoms. The molecular weight excluding hydrogens is 272 g/mol. The van der Waals surface area contributed by atoms with Gasteiger partial charge >= 0.3 is 5.97 Å². The molecule has 1 aliphatic rings. The van der Waals surface area contributed by atoms with E-state index >= 15 is 0 Å². The average Bonchev–Trinajstić information content (AvgIpc) is 3.07. The van der Waals surface area contributed by atoms with Crippen LogP contribution in [0.1, 0.15) is 12.8 Å². The summed E-state index contributed by atoms with van der Waals surface area (Å²) in [5.41, 5.74) is 0.658. The summed E-state index contributed by atoms with van der Waals surface area (Å²) in [6.07, 6.45) is 1.67. The summed E-state index contributed by atoms with van der Waals surface area (Å²) in [6, 6.07) is 5.49. The van der Waals surface area contributed by atoms with Crippen molar-refractivity contribution >= 4 is 5.97 Å². The van der Waals surface area contributed by atoms with Crippen LogP contribution in [-0.4, -0.2) is 44.2 Å². The molecule has 1 N–H and O–H groups in total. The Hall–Kier alpha value is -2.28. The van der Waals surface area contributed by atoms with E-state index in [-0.39, 0.29) is 11.8 Å². The molecule has 1 fully saturated rings. The summed E-state index contributed by atoms with van der Waals surface area (Å²) in [7, 11) is 0. The number of hydrogen-bond acceptors (Lipinski definition) is 6. The zero-order valence-corrected chi connectivity index (χ0v) is 11.6. The molecule has 1 aliphatic heterocycles. The molecule has 0 aromatic carbocycles. The van der Waals surface area contributed by atoms with Gasteiger partial charge in [0.2, 0.25) is 11.7 Å². The summed E-state index contributed by atoms with van der Waals surface area (Å²) < 4.78 is 5.22. The van der Waals surface area contributed by atoms with Crippen LogP contribution in [0.3, 0.4) is 0 Å². The molecule has 110 valence electrons. The minimum Gasteiger partial charge on any atom is -0.481 e. The van der Waals surface area contributed by atoms with E-state index in [1.165, 1.54) is 0 Å². The second-order valence-electron chi connectivity index (χ2n) is 5.34. The molecule has 2 aromatic rings. The topological polar surface area (TPSA) is 92.4 Å². The number of nitrogens with zero attached hydrogens (tertiary/aromatic N) is 4. The van der Waals surface area contributed by atoms with E-state index in [4.69, 9.17) is 9.63 Å². The number of hydrogen-bond donors (Lipinski definition) is 1. The quantitative estimate of drug-likeness (QED) is 0.906. The van der Waals surface area contributed by atoms with Gasteiger partial charge in [0, 0.05) is 19.3 Å². The number of rotatable bonds is 4. The molecule has 3 rings (SSSR count). The second kappa shape index (κ2) is 5.61. The highest BCUT2D eigenvalue weighted by Crippen LogP contribution is 2.24. The fraction of sp³-hybridized carbons (Fsp3) is 0.429. The molecule has 0 bridgehead atoms. The van der Waals surface area contributed by atoms with Crippen LogP contribution in [0, 0.1) is 11.8 Å². The number of carboxylic acid groups (broad SMARTS) is 1. The first-order valence-corrected chi connectivity index (χ1v) is 6.82. The monoisotopic (exact) mass is 288 g/mol.